The summed E-state index contributed by atoms with van der Waals surface area (Å²) >= 11 is 0. The van der Waals surface area contributed by atoms with E-state index in [1.54, 1.807) is 6.92 Å². The van der Waals surface area contributed by atoms with Gasteiger partial charge in [0.05, 0.1) is 0 Å². The first-order chi connectivity index (χ1) is 8.83. The standard InChI is InChI=1S/C8H16.C3H5NO2.C3H6O2.Na.H/c1-3-5-7-8-6-4-2;1-2(4)3(5)6;1-2-3(4)5;;/h3H,1,4-8H2,2H3;4H,1H3,(H,5,6);2H2,1H3,(H,4,5);;. The van der Waals surface area contributed by atoms with Gasteiger partial charge in [-0.25, -0.2) is 4.79 Å². The molecule has 0 aliphatic carbocycles. The molecule has 0 aliphatic rings. The van der Waals surface area contributed by atoms with Crippen LogP contribution in [-0.4, -0.2) is 57.4 Å². The van der Waals surface area contributed by atoms with Crippen LogP contribution in [0.3, 0.4) is 0 Å². The third-order valence-corrected chi connectivity index (χ3v) is 1.89. The fraction of sp³-hybridized carbons (Fsp3) is 0.643. The van der Waals surface area contributed by atoms with Gasteiger partial charge in [0.25, 0.3) is 0 Å². The van der Waals surface area contributed by atoms with E-state index in [0.29, 0.717) is 0 Å². The normalized spacial score (nSPS) is 7.75. The van der Waals surface area contributed by atoms with Crippen molar-refractivity contribution in [1.29, 1.82) is 5.41 Å². The molecule has 0 bridgehead atoms. The first-order valence-corrected chi connectivity index (χ1v) is 6.44. The third kappa shape index (κ3) is 43.3. The van der Waals surface area contributed by atoms with Crippen molar-refractivity contribution in [2.24, 2.45) is 0 Å². The van der Waals surface area contributed by atoms with E-state index < -0.39 is 11.9 Å². The van der Waals surface area contributed by atoms with Crippen LogP contribution in [0.2, 0.25) is 0 Å². The molecule has 0 amide bonds. The Labute approximate surface area is 144 Å². The zero-order valence-corrected chi connectivity index (χ0v) is 12.2. The van der Waals surface area contributed by atoms with Gasteiger partial charge in [-0.2, -0.15) is 0 Å². The van der Waals surface area contributed by atoms with Crippen molar-refractivity contribution in [3.05, 3.63) is 12.7 Å². The predicted molar refractivity (Wildman–Crippen MR) is 85.1 cm³/mol. The Bertz CT molecular complexity index is 256. The average molecular weight is 297 g/mol. The fourth-order valence-corrected chi connectivity index (χ4v) is 0.715. The number of rotatable bonds is 7. The zero-order chi connectivity index (χ0) is 15.7. The Morgan fingerprint density at radius 1 is 1.15 bits per heavy atom. The van der Waals surface area contributed by atoms with Gasteiger partial charge in [-0.3, -0.25) is 10.2 Å². The van der Waals surface area contributed by atoms with E-state index in [9.17, 15) is 9.59 Å². The minimum absolute atomic E-state index is 0. The van der Waals surface area contributed by atoms with Crippen LogP contribution in [-0.2, 0) is 9.59 Å². The van der Waals surface area contributed by atoms with Crippen molar-refractivity contribution < 1.29 is 19.8 Å². The van der Waals surface area contributed by atoms with Crippen LogP contribution in [0.1, 0.15) is 59.3 Å². The topological polar surface area (TPSA) is 98.5 Å². The Morgan fingerprint density at radius 3 is 1.75 bits per heavy atom. The molecule has 6 heteroatoms. The zero-order valence-electron chi connectivity index (χ0n) is 12.2. The molecule has 0 spiro atoms. The van der Waals surface area contributed by atoms with E-state index in [-0.39, 0.29) is 41.7 Å². The molecule has 0 rings (SSSR count). The predicted octanol–water partition coefficient (Wildman–Crippen LogP) is 3.09. The SMILES string of the molecule is C=CCCCCCC.CC(=N)C(=O)O.CCC(=O)O.[NaH]. The molecule has 114 valence electrons. The number of carboxylic acids is 2. The first-order valence-electron chi connectivity index (χ1n) is 6.44. The van der Waals surface area contributed by atoms with Gasteiger partial charge in [0, 0.05) is 6.42 Å². The molecular formula is C14H28NNaO4. The van der Waals surface area contributed by atoms with Crippen molar-refractivity contribution in [3.8, 4) is 0 Å². The molecular weight excluding hydrogens is 269 g/mol. The fourth-order valence-electron chi connectivity index (χ4n) is 0.715. The maximum absolute atomic E-state index is 9.47. The Morgan fingerprint density at radius 2 is 1.55 bits per heavy atom. The second kappa shape index (κ2) is 23.4. The summed E-state index contributed by atoms with van der Waals surface area (Å²) in [6, 6.07) is 0. The molecule has 0 aromatic rings. The van der Waals surface area contributed by atoms with E-state index in [4.69, 9.17) is 15.6 Å². The molecule has 5 nitrogen and oxygen atoms in total. The van der Waals surface area contributed by atoms with Crippen LogP contribution in [0.4, 0.5) is 0 Å². The molecule has 0 aromatic carbocycles. The average Bonchev–Trinajstić information content (AvgIpc) is 2.36. The molecule has 0 unspecified atom stereocenters. The van der Waals surface area contributed by atoms with Gasteiger partial charge >= 0.3 is 41.5 Å². The summed E-state index contributed by atoms with van der Waals surface area (Å²) in [5.74, 6) is -1.90. The van der Waals surface area contributed by atoms with Gasteiger partial charge in [0.1, 0.15) is 5.71 Å². The number of aliphatic carboxylic acids is 2. The number of carbonyl (C=O) groups is 2. The van der Waals surface area contributed by atoms with E-state index >= 15 is 0 Å². The molecule has 20 heavy (non-hydrogen) atoms. The van der Waals surface area contributed by atoms with Crippen molar-refractivity contribution >= 4 is 47.2 Å². The van der Waals surface area contributed by atoms with Gasteiger partial charge in [-0.15, -0.1) is 6.58 Å². The summed E-state index contributed by atoms with van der Waals surface area (Å²) < 4.78 is 0. The van der Waals surface area contributed by atoms with E-state index in [2.05, 4.69) is 13.5 Å². The summed E-state index contributed by atoms with van der Waals surface area (Å²) in [6.07, 6.45) is 8.83. The number of hydrogen-bond donors (Lipinski definition) is 3. The Hall–Kier alpha value is -0.650. The molecule has 0 aliphatic heterocycles. The van der Waals surface area contributed by atoms with E-state index in [1.807, 2.05) is 6.08 Å². The quantitative estimate of drug-likeness (QED) is 0.291. The minimum atomic E-state index is -1.16. The maximum atomic E-state index is 9.47. The third-order valence-electron chi connectivity index (χ3n) is 1.89. The van der Waals surface area contributed by atoms with Crippen LogP contribution in [0.5, 0.6) is 0 Å². The van der Waals surface area contributed by atoms with E-state index in [0.717, 1.165) is 0 Å². The van der Waals surface area contributed by atoms with Crippen LogP contribution in [0.25, 0.3) is 0 Å². The number of unbranched alkanes of at least 4 members (excludes halogenated alkanes) is 4. The molecule has 3 N–H and O–H groups in total. The molecule has 0 aromatic heterocycles. The Balaban J connectivity index is -0.0000000966. The van der Waals surface area contributed by atoms with Crippen LogP contribution < -0.4 is 0 Å². The van der Waals surface area contributed by atoms with Crippen LogP contribution in [0.15, 0.2) is 12.7 Å². The second-order valence-corrected chi connectivity index (χ2v) is 3.82. The first kappa shape index (κ1) is 27.7. The number of nitrogens with one attached hydrogen (secondary N) is 1. The molecule has 0 heterocycles. The summed E-state index contributed by atoms with van der Waals surface area (Å²) in [5.41, 5.74) is -0.324. The van der Waals surface area contributed by atoms with Crippen molar-refractivity contribution in [2.75, 3.05) is 0 Å². The van der Waals surface area contributed by atoms with Crippen molar-refractivity contribution in [2.45, 2.75) is 59.3 Å². The van der Waals surface area contributed by atoms with Gasteiger partial charge in [0.2, 0.25) is 0 Å². The summed E-state index contributed by atoms with van der Waals surface area (Å²) in [7, 11) is 0. The second-order valence-electron chi connectivity index (χ2n) is 3.82. The van der Waals surface area contributed by atoms with Gasteiger partial charge in [-0.05, 0) is 19.8 Å². The van der Waals surface area contributed by atoms with Crippen molar-refractivity contribution in [1.82, 2.24) is 0 Å². The Kier molecular flexibility index (Phi) is 32.4. The number of hydrogen-bond acceptors (Lipinski definition) is 3. The van der Waals surface area contributed by atoms with Gasteiger partial charge in [-0.1, -0.05) is 39.2 Å². The number of carboxylic acid groups (broad SMARTS) is 2. The molecule has 0 atom stereocenters. The van der Waals surface area contributed by atoms with Gasteiger partial charge in [0.15, 0.2) is 0 Å². The molecule has 0 radical (unpaired) electrons. The molecule has 0 fully saturated rings. The molecule has 0 saturated heterocycles. The number of allylic oxidation sites excluding steroid dienone is 1. The summed E-state index contributed by atoms with van der Waals surface area (Å²) in [5, 5.41) is 21.8. The summed E-state index contributed by atoms with van der Waals surface area (Å²) in [4.78, 5) is 18.8. The van der Waals surface area contributed by atoms with Crippen molar-refractivity contribution in [3.63, 3.8) is 0 Å². The monoisotopic (exact) mass is 297 g/mol. The van der Waals surface area contributed by atoms with Gasteiger partial charge < -0.3 is 10.2 Å². The van der Waals surface area contributed by atoms with Crippen LogP contribution in [0, 0.1) is 5.41 Å². The van der Waals surface area contributed by atoms with Crippen LogP contribution >= 0.6 is 0 Å². The molecule has 0 saturated carbocycles. The summed E-state index contributed by atoms with van der Waals surface area (Å²) in [6.45, 7) is 8.71. The van der Waals surface area contributed by atoms with E-state index in [1.165, 1.54) is 39.0 Å².